The van der Waals surface area contributed by atoms with Gasteiger partial charge in [0.1, 0.15) is 6.10 Å². The highest BCUT2D eigenvalue weighted by molar-refractivity contribution is 5.66. The molecule has 0 aliphatic heterocycles. The molecule has 4 saturated carbocycles. The zero-order valence-corrected chi connectivity index (χ0v) is 24.2. The van der Waals surface area contributed by atoms with Crippen molar-refractivity contribution in [3.8, 4) is 0 Å². The molecule has 0 bridgehead atoms. The van der Waals surface area contributed by atoms with Gasteiger partial charge in [-0.05, 0) is 97.2 Å². The number of hydrogen-bond donors (Lipinski definition) is 2. The van der Waals surface area contributed by atoms with Crippen molar-refractivity contribution in [1.29, 1.82) is 0 Å². The van der Waals surface area contributed by atoms with Gasteiger partial charge in [-0.15, -0.1) is 0 Å². The fraction of sp³-hybridized carbons (Fsp3) is 0.906. The largest absolute Gasteiger partial charge is 0.462 e. The normalized spacial score (nSPS) is 53.7. The quantitative estimate of drug-likeness (QED) is 0.328. The van der Waals surface area contributed by atoms with Crippen LogP contribution in [0.1, 0.15) is 113 Å². The van der Waals surface area contributed by atoms with Gasteiger partial charge in [-0.3, -0.25) is 4.79 Å². The predicted molar refractivity (Wildman–Crippen MR) is 143 cm³/mol. The number of ether oxygens (including phenoxy) is 1. The summed E-state index contributed by atoms with van der Waals surface area (Å²) in [5.41, 5.74) is 1.86. The number of fused-ring (bicyclic) bond motifs is 7. The Kier molecular flexibility index (Phi) is 5.99. The second-order valence-corrected chi connectivity index (χ2v) is 15.7. The van der Waals surface area contributed by atoms with Crippen LogP contribution in [-0.4, -0.2) is 35.0 Å². The summed E-state index contributed by atoms with van der Waals surface area (Å²) < 4.78 is 5.82. The molecule has 2 unspecified atom stereocenters. The number of allylic oxidation sites excluding steroid dienone is 2. The highest BCUT2D eigenvalue weighted by Crippen LogP contribution is 2.75. The van der Waals surface area contributed by atoms with E-state index in [1.165, 1.54) is 13.3 Å². The molecule has 0 aromatic carbocycles. The zero-order chi connectivity index (χ0) is 26.5. The zero-order valence-electron chi connectivity index (χ0n) is 24.2. The average Bonchev–Trinajstić information content (AvgIpc) is 2.77. The smallest absolute Gasteiger partial charge is 0.302 e. The predicted octanol–water partition coefficient (Wildman–Crippen LogP) is 6.68. The van der Waals surface area contributed by atoms with E-state index in [-0.39, 0.29) is 51.9 Å². The van der Waals surface area contributed by atoms with Gasteiger partial charge in [-0.25, -0.2) is 0 Å². The van der Waals surface area contributed by atoms with Crippen LogP contribution in [0.5, 0.6) is 0 Å². The summed E-state index contributed by atoms with van der Waals surface area (Å²) >= 11 is 0. The van der Waals surface area contributed by atoms with Crippen LogP contribution in [0.25, 0.3) is 0 Å². The maximum Gasteiger partial charge on any atom is 0.302 e. The van der Waals surface area contributed by atoms with E-state index in [9.17, 15) is 15.0 Å². The van der Waals surface area contributed by atoms with Gasteiger partial charge in [-0.2, -0.15) is 0 Å². The lowest BCUT2D eigenvalue weighted by molar-refractivity contribution is -0.225. The minimum atomic E-state index is -0.395. The summed E-state index contributed by atoms with van der Waals surface area (Å²) in [6.45, 7) is 18.5. The molecular formula is C32H52O4. The van der Waals surface area contributed by atoms with Crippen LogP contribution in [0, 0.1) is 50.2 Å². The van der Waals surface area contributed by atoms with E-state index in [1.54, 1.807) is 5.57 Å². The Balaban J connectivity index is 1.55. The van der Waals surface area contributed by atoms with E-state index in [0.29, 0.717) is 17.8 Å². The Morgan fingerprint density at radius 1 is 0.944 bits per heavy atom. The second-order valence-electron chi connectivity index (χ2n) is 15.7. The molecule has 0 saturated heterocycles. The van der Waals surface area contributed by atoms with Crippen molar-refractivity contribution in [2.24, 2.45) is 50.2 Å². The van der Waals surface area contributed by atoms with Crippen LogP contribution < -0.4 is 0 Å². The number of esters is 1. The number of aliphatic hydroxyl groups excluding tert-OH is 2. The summed E-state index contributed by atoms with van der Waals surface area (Å²) in [6, 6.07) is 0. The second kappa shape index (κ2) is 8.07. The molecule has 0 radical (unpaired) electrons. The Morgan fingerprint density at radius 2 is 1.64 bits per heavy atom. The van der Waals surface area contributed by atoms with Crippen molar-refractivity contribution >= 4 is 5.97 Å². The van der Waals surface area contributed by atoms with Gasteiger partial charge in [0.25, 0.3) is 0 Å². The van der Waals surface area contributed by atoms with Gasteiger partial charge in [0.2, 0.25) is 0 Å². The molecule has 0 aromatic rings. The minimum absolute atomic E-state index is 0.0112. The summed E-state index contributed by atoms with van der Waals surface area (Å²) in [7, 11) is 0. The number of rotatable bonds is 2. The molecule has 5 rings (SSSR count). The SMILES string of the molecule is CC(=O)O[C@H]1CC[C@@]2(C)C(CC[C@]3(C)C2CC=C2[C@@H]4CC(C)(C)C[C@@H](O)[C@]4(C)CC[C@]23C)[C@@]1(C)CO. The third-order valence-corrected chi connectivity index (χ3v) is 13.5. The van der Waals surface area contributed by atoms with E-state index in [2.05, 4.69) is 54.5 Å². The summed E-state index contributed by atoms with van der Waals surface area (Å²) in [6.07, 6.45) is 11.8. The third-order valence-electron chi connectivity index (χ3n) is 13.5. The Hall–Kier alpha value is -0.870. The number of carbonyl (C=O) groups excluding carboxylic acids is 1. The monoisotopic (exact) mass is 500 g/mol. The minimum Gasteiger partial charge on any atom is -0.462 e. The average molecular weight is 501 g/mol. The molecule has 5 aliphatic carbocycles. The maximum absolute atomic E-state index is 11.9. The molecule has 0 amide bonds. The molecule has 0 aromatic heterocycles. The first kappa shape index (κ1) is 26.7. The van der Waals surface area contributed by atoms with Gasteiger partial charge in [0, 0.05) is 17.8 Å². The molecule has 0 heterocycles. The van der Waals surface area contributed by atoms with E-state index < -0.39 is 5.41 Å². The van der Waals surface area contributed by atoms with Gasteiger partial charge in [0.05, 0.1) is 12.7 Å². The number of carbonyl (C=O) groups is 1. The fourth-order valence-electron chi connectivity index (χ4n) is 11.1. The van der Waals surface area contributed by atoms with Gasteiger partial charge >= 0.3 is 5.97 Å². The lowest BCUT2D eigenvalue weighted by Gasteiger charge is -2.71. The van der Waals surface area contributed by atoms with E-state index in [1.807, 2.05) is 0 Å². The Morgan fingerprint density at radius 3 is 2.28 bits per heavy atom. The highest BCUT2D eigenvalue weighted by Gasteiger charge is 2.69. The molecule has 204 valence electrons. The first-order valence-corrected chi connectivity index (χ1v) is 14.7. The number of hydrogen-bond acceptors (Lipinski definition) is 4. The van der Waals surface area contributed by atoms with E-state index in [4.69, 9.17) is 4.74 Å². The van der Waals surface area contributed by atoms with E-state index >= 15 is 0 Å². The maximum atomic E-state index is 11.9. The first-order valence-electron chi connectivity index (χ1n) is 14.7. The van der Waals surface area contributed by atoms with E-state index in [0.717, 1.165) is 51.4 Å². The molecular weight excluding hydrogens is 448 g/mol. The van der Waals surface area contributed by atoms with Crippen molar-refractivity contribution in [2.75, 3.05) is 6.61 Å². The van der Waals surface area contributed by atoms with Crippen molar-refractivity contribution < 1.29 is 19.7 Å². The van der Waals surface area contributed by atoms with Crippen LogP contribution in [0.15, 0.2) is 11.6 Å². The molecule has 0 spiro atoms. The summed E-state index contributed by atoms with van der Waals surface area (Å²) in [5, 5.41) is 22.0. The van der Waals surface area contributed by atoms with Crippen LogP contribution >= 0.6 is 0 Å². The van der Waals surface area contributed by atoms with Crippen molar-refractivity contribution in [1.82, 2.24) is 0 Å². The topological polar surface area (TPSA) is 66.8 Å². The van der Waals surface area contributed by atoms with Crippen LogP contribution in [0.4, 0.5) is 0 Å². The summed E-state index contributed by atoms with van der Waals surface area (Å²) in [4.78, 5) is 11.9. The van der Waals surface area contributed by atoms with Crippen LogP contribution in [0.2, 0.25) is 0 Å². The molecule has 5 aliphatic rings. The van der Waals surface area contributed by atoms with Crippen molar-refractivity contribution in [3.05, 3.63) is 11.6 Å². The van der Waals surface area contributed by atoms with Crippen molar-refractivity contribution in [2.45, 2.75) is 125 Å². The van der Waals surface area contributed by atoms with Gasteiger partial charge < -0.3 is 14.9 Å². The standard InChI is InChI=1S/C32H52O4/c1-20(34)36-26-12-13-29(5)23(30(26,6)19-33)11-14-32(8)24(29)10-9-21-22-17-27(2,3)18-25(35)28(22,4)15-16-31(21,32)7/h9,22-26,33,35H,10-19H2,1-8H3/t22-,23?,24?,25+,26-,28+,29-,30+,31+,32+/m0/s1. The molecule has 10 atom stereocenters. The van der Waals surface area contributed by atoms with Crippen LogP contribution in [-0.2, 0) is 9.53 Å². The van der Waals surface area contributed by atoms with Gasteiger partial charge in [-0.1, -0.05) is 60.1 Å². The Bertz CT molecular complexity index is 954. The fourth-order valence-corrected chi connectivity index (χ4v) is 11.1. The lowest BCUT2D eigenvalue weighted by atomic mass is 9.33. The third kappa shape index (κ3) is 3.34. The molecule has 4 fully saturated rings. The highest BCUT2D eigenvalue weighted by atomic mass is 16.5. The lowest BCUT2D eigenvalue weighted by Crippen LogP contribution is -2.66. The number of aliphatic hydroxyl groups is 2. The molecule has 2 N–H and O–H groups in total. The molecule has 36 heavy (non-hydrogen) atoms. The van der Waals surface area contributed by atoms with Crippen LogP contribution in [0.3, 0.4) is 0 Å². The van der Waals surface area contributed by atoms with Crippen molar-refractivity contribution in [3.63, 3.8) is 0 Å². The van der Waals surface area contributed by atoms with Gasteiger partial charge in [0.15, 0.2) is 0 Å². The molecule has 4 heteroatoms. The summed E-state index contributed by atoms with van der Waals surface area (Å²) in [5.74, 6) is 1.12. The Labute approximate surface area is 219 Å². The molecule has 4 nitrogen and oxygen atoms in total. The first-order chi connectivity index (χ1) is 16.6.